The maximum Gasteiger partial charge on any atom is 0.346 e. The molecule has 0 saturated carbocycles. The Kier molecular flexibility index (Phi) is 7.63. The van der Waals surface area contributed by atoms with E-state index in [0.29, 0.717) is 13.2 Å². The molecule has 9 heteroatoms. The fraction of sp³-hybridized carbons (Fsp3) is 0.786. The van der Waals surface area contributed by atoms with E-state index < -0.39 is 9.84 Å². The molecule has 23 heavy (non-hydrogen) atoms. The lowest BCUT2D eigenvalue weighted by Crippen LogP contribution is -2.41. The van der Waals surface area contributed by atoms with Crippen molar-refractivity contribution >= 4 is 15.9 Å². The number of sulfone groups is 1. The zero-order valence-electron chi connectivity index (χ0n) is 14.2. The molecule has 132 valence electrons. The minimum atomic E-state index is -3.65. The predicted molar refractivity (Wildman–Crippen MR) is 86.1 cm³/mol. The van der Waals surface area contributed by atoms with Gasteiger partial charge in [-0.2, -0.15) is 4.68 Å². The van der Waals surface area contributed by atoms with Gasteiger partial charge in [0.2, 0.25) is 9.84 Å². The monoisotopic (exact) mass is 346 g/mol. The van der Waals surface area contributed by atoms with Gasteiger partial charge in [0.15, 0.2) is 0 Å². The predicted octanol–water partition coefficient (Wildman–Crippen LogP) is 1.57. The maximum atomic E-state index is 12.5. The molecule has 0 spiro atoms. The summed E-state index contributed by atoms with van der Waals surface area (Å²) >= 11 is 0. The molecule has 1 atom stereocenters. The van der Waals surface area contributed by atoms with Crippen LogP contribution in [0.15, 0.2) is 11.5 Å². The first-order valence-electron chi connectivity index (χ1n) is 7.90. The van der Waals surface area contributed by atoms with Crippen LogP contribution in [0.1, 0.15) is 40.5 Å². The van der Waals surface area contributed by atoms with Crippen molar-refractivity contribution in [3.63, 3.8) is 0 Å². The molecule has 8 nitrogen and oxygen atoms in total. The molecule has 0 fully saturated rings. The number of aromatic nitrogens is 3. The van der Waals surface area contributed by atoms with Crippen molar-refractivity contribution in [2.75, 3.05) is 25.5 Å². The minimum Gasteiger partial charge on any atom is -0.381 e. The van der Waals surface area contributed by atoms with Crippen molar-refractivity contribution in [2.45, 2.75) is 51.7 Å². The van der Waals surface area contributed by atoms with E-state index in [1.54, 1.807) is 11.8 Å². The summed E-state index contributed by atoms with van der Waals surface area (Å²) in [7, 11) is -3.65. The van der Waals surface area contributed by atoms with Gasteiger partial charge >= 0.3 is 6.03 Å². The molecule has 0 radical (unpaired) electrons. The Labute approximate surface area is 137 Å². The van der Waals surface area contributed by atoms with Gasteiger partial charge in [-0.1, -0.05) is 13.8 Å². The molecule has 0 bridgehead atoms. The van der Waals surface area contributed by atoms with E-state index in [0.717, 1.165) is 23.9 Å². The Morgan fingerprint density at radius 1 is 1.39 bits per heavy atom. The molecular weight excluding hydrogens is 320 g/mol. The van der Waals surface area contributed by atoms with Gasteiger partial charge < -0.3 is 9.64 Å². The summed E-state index contributed by atoms with van der Waals surface area (Å²) in [5, 5.41) is 3.51. The van der Waals surface area contributed by atoms with Gasteiger partial charge in [0.1, 0.15) is 6.33 Å². The summed E-state index contributed by atoms with van der Waals surface area (Å²) in [4.78, 5) is 18.0. The molecule has 1 aromatic rings. The Balaban J connectivity index is 2.91. The number of ether oxygens (including phenoxy) is 1. The fourth-order valence-electron chi connectivity index (χ4n) is 1.98. The number of nitrogens with zero attached hydrogens (tertiary/aromatic N) is 4. The smallest absolute Gasteiger partial charge is 0.346 e. The third-order valence-electron chi connectivity index (χ3n) is 3.48. The van der Waals surface area contributed by atoms with E-state index >= 15 is 0 Å². The summed E-state index contributed by atoms with van der Waals surface area (Å²) in [6, 6.07) is -0.315. The summed E-state index contributed by atoms with van der Waals surface area (Å²) in [6.45, 7) is 8.81. The van der Waals surface area contributed by atoms with Crippen LogP contribution in [0.5, 0.6) is 0 Å². The number of carbonyl (C=O) groups is 1. The molecule has 1 rings (SSSR count). The van der Waals surface area contributed by atoms with Crippen LogP contribution in [-0.4, -0.2) is 65.7 Å². The van der Waals surface area contributed by atoms with Crippen LogP contribution in [0.2, 0.25) is 0 Å². The van der Waals surface area contributed by atoms with Crippen LogP contribution < -0.4 is 0 Å². The van der Waals surface area contributed by atoms with Crippen LogP contribution >= 0.6 is 0 Å². The van der Waals surface area contributed by atoms with E-state index in [4.69, 9.17) is 4.74 Å². The molecule has 0 aliphatic heterocycles. The number of rotatable bonds is 9. The van der Waals surface area contributed by atoms with Crippen molar-refractivity contribution < 1.29 is 17.9 Å². The zero-order valence-corrected chi connectivity index (χ0v) is 15.0. The van der Waals surface area contributed by atoms with Crippen LogP contribution in [-0.2, 0) is 14.6 Å². The lowest BCUT2D eigenvalue weighted by atomic mass is 10.2. The van der Waals surface area contributed by atoms with Crippen molar-refractivity contribution in [1.29, 1.82) is 0 Å². The van der Waals surface area contributed by atoms with Crippen LogP contribution in [0.25, 0.3) is 0 Å². The number of amides is 1. The van der Waals surface area contributed by atoms with Crippen molar-refractivity contribution in [3.05, 3.63) is 6.33 Å². The van der Waals surface area contributed by atoms with Gasteiger partial charge in [-0.25, -0.2) is 18.2 Å². The van der Waals surface area contributed by atoms with E-state index in [2.05, 4.69) is 10.1 Å². The lowest BCUT2D eigenvalue weighted by molar-refractivity contribution is 0.163. The summed E-state index contributed by atoms with van der Waals surface area (Å²) in [6.07, 6.45) is 2.77. The fourth-order valence-corrected chi connectivity index (χ4v) is 2.92. The quantitative estimate of drug-likeness (QED) is 0.630. The second kappa shape index (κ2) is 8.97. The Bertz CT molecular complexity index is 600. The van der Waals surface area contributed by atoms with Gasteiger partial charge in [0.05, 0.1) is 12.4 Å². The minimum absolute atomic E-state index is 0.0460. The average Bonchev–Trinajstić information content (AvgIpc) is 3.02. The summed E-state index contributed by atoms with van der Waals surface area (Å²) in [5.41, 5.74) is 0. The lowest BCUT2D eigenvalue weighted by Gasteiger charge is -2.27. The van der Waals surface area contributed by atoms with Crippen molar-refractivity contribution in [1.82, 2.24) is 19.7 Å². The molecular formula is C14H26N4O4S. The molecule has 0 N–H and O–H groups in total. The SMILES string of the molecule is CCCN(C(=O)n1cnc(S(=O)(=O)CCOCC)n1)C(C)CC. The van der Waals surface area contributed by atoms with Gasteiger partial charge in [-0.3, -0.25) is 0 Å². The van der Waals surface area contributed by atoms with Crippen LogP contribution in [0.3, 0.4) is 0 Å². The first kappa shape index (κ1) is 19.6. The van der Waals surface area contributed by atoms with Crippen LogP contribution in [0, 0.1) is 0 Å². The standard InChI is InChI=1S/C14H26N4O4S/c1-5-8-17(12(4)6-2)14(19)18-11-15-13(16-18)23(20,21)10-9-22-7-3/h11-12H,5-10H2,1-4H3. The van der Waals surface area contributed by atoms with Gasteiger partial charge in [-0.15, -0.1) is 5.10 Å². The van der Waals surface area contributed by atoms with Gasteiger partial charge in [0, 0.05) is 19.2 Å². The highest BCUT2D eigenvalue weighted by Gasteiger charge is 2.24. The molecule has 1 amide bonds. The normalized spacial score (nSPS) is 13.0. The first-order valence-corrected chi connectivity index (χ1v) is 9.55. The molecule has 1 aromatic heterocycles. The summed E-state index contributed by atoms with van der Waals surface area (Å²) in [5.74, 6) is -0.205. The number of hydrogen-bond acceptors (Lipinski definition) is 6. The van der Waals surface area contributed by atoms with Gasteiger partial charge in [0.25, 0.3) is 5.16 Å². The third-order valence-corrected chi connectivity index (χ3v) is 4.93. The highest BCUT2D eigenvalue weighted by molar-refractivity contribution is 7.91. The van der Waals surface area contributed by atoms with E-state index in [1.165, 1.54) is 0 Å². The summed E-state index contributed by atoms with van der Waals surface area (Å²) < 4.78 is 30.2. The molecule has 0 aliphatic rings. The first-order chi connectivity index (χ1) is 10.9. The Morgan fingerprint density at radius 2 is 2.09 bits per heavy atom. The molecule has 0 aromatic carbocycles. The van der Waals surface area contributed by atoms with E-state index in [-0.39, 0.29) is 29.6 Å². The topological polar surface area (TPSA) is 94.4 Å². The largest absolute Gasteiger partial charge is 0.381 e. The van der Waals surface area contributed by atoms with Gasteiger partial charge in [-0.05, 0) is 26.7 Å². The number of hydrogen-bond donors (Lipinski definition) is 0. The van der Waals surface area contributed by atoms with E-state index in [9.17, 15) is 13.2 Å². The second-order valence-corrected chi connectivity index (χ2v) is 7.22. The van der Waals surface area contributed by atoms with E-state index in [1.807, 2.05) is 20.8 Å². The van der Waals surface area contributed by atoms with Crippen molar-refractivity contribution in [2.24, 2.45) is 0 Å². The zero-order chi connectivity index (χ0) is 17.5. The van der Waals surface area contributed by atoms with Crippen molar-refractivity contribution in [3.8, 4) is 0 Å². The second-order valence-electron chi connectivity index (χ2n) is 5.22. The molecule has 0 aliphatic carbocycles. The number of carbonyl (C=O) groups excluding carboxylic acids is 1. The molecule has 1 heterocycles. The average molecular weight is 346 g/mol. The third kappa shape index (κ3) is 5.28. The molecule has 1 unspecified atom stereocenters. The Hall–Kier alpha value is -1.48. The highest BCUT2D eigenvalue weighted by Crippen LogP contribution is 2.09. The Morgan fingerprint density at radius 3 is 2.65 bits per heavy atom. The molecule has 0 saturated heterocycles. The van der Waals surface area contributed by atoms with Crippen LogP contribution in [0.4, 0.5) is 4.79 Å². The maximum absolute atomic E-state index is 12.5. The highest BCUT2D eigenvalue weighted by atomic mass is 32.2.